The number of amides is 1. The third kappa shape index (κ3) is 5.69. The molecule has 192 valence electrons. The molecule has 0 N–H and O–H groups in total. The standard InChI is InChI=1S/C23H27F4N3O4S/c1-4-30(5-2)35(32,33)19-6-7-21(34-3)20(15-19)28-8-10-29(11-9-28)22(31)16-12-17(23(25,26)27)14-18(24)13-16/h6-7,12-15H,4-5,8-11H2,1-3H3. The van der Waals surface area contributed by atoms with Gasteiger partial charge in [0.15, 0.2) is 0 Å². The summed E-state index contributed by atoms with van der Waals surface area (Å²) >= 11 is 0. The van der Waals surface area contributed by atoms with Gasteiger partial charge < -0.3 is 14.5 Å². The Bertz CT molecular complexity index is 1180. The lowest BCUT2D eigenvalue weighted by atomic mass is 10.1. The van der Waals surface area contributed by atoms with Gasteiger partial charge in [0, 0.05) is 44.8 Å². The van der Waals surface area contributed by atoms with Crippen molar-refractivity contribution >= 4 is 21.6 Å². The molecule has 1 aliphatic rings. The molecule has 0 aliphatic carbocycles. The maximum absolute atomic E-state index is 13.7. The average Bonchev–Trinajstić information content (AvgIpc) is 2.83. The van der Waals surface area contributed by atoms with Crippen LogP contribution in [0.15, 0.2) is 41.3 Å². The zero-order valence-corrected chi connectivity index (χ0v) is 20.4. The summed E-state index contributed by atoms with van der Waals surface area (Å²) in [5.74, 6) is -1.40. The number of piperazine rings is 1. The zero-order valence-electron chi connectivity index (χ0n) is 19.6. The van der Waals surface area contributed by atoms with Crippen LogP contribution in [-0.2, 0) is 16.2 Å². The van der Waals surface area contributed by atoms with Gasteiger partial charge in [0.1, 0.15) is 11.6 Å². The van der Waals surface area contributed by atoms with Crippen LogP contribution in [0.4, 0.5) is 23.2 Å². The Hall–Kier alpha value is -2.86. The quantitative estimate of drug-likeness (QED) is 0.522. The minimum Gasteiger partial charge on any atom is -0.495 e. The van der Waals surface area contributed by atoms with Crippen LogP contribution in [0.3, 0.4) is 0 Å². The SMILES string of the molecule is CCN(CC)S(=O)(=O)c1ccc(OC)c(N2CCN(C(=O)c3cc(F)cc(C(F)(F)F)c3)CC2)c1. The number of ether oxygens (including phenoxy) is 1. The molecule has 0 unspecified atom stereocenters. The molecule has 1 aliphatic heterocycles. The van der Waals surface area contributed by atoms with E-state index in [0.29, 0.717) is 36.7 Å². The number of alkyl halides is 3. The van der Waals surface area contributed by atoms with E-state index in [2.05, 4.69) is 0 Å². The minimum absolute atomic E-state index is 0.106. The molecule has 12 heteroatoms. The van der Waals surface area contributed by atoms with Gasteiger partial charge in [0.2, 0.25) is 10.0 Å². The van der Waals surface area contributed by atoms with Gasteiger partial charge in [0.05, 0.1) is 23.3 Å². The molecule has 1 heterocycles. The van der Waals surface area contributed by atoms with Crippen molar-refractivity contribution in [1.82, 2.24) is 9.21 Å². The number of methoxy groups -OCH3 is 1. The second kappa shape index (κ2) is 10.4. The van der Waals surface area contributed by atoms with Crippen molar-refractivity contribution in [3.8, 4) is 5.75 Å². The molecule has 3 rings (SSSR count). The highest BCUT2D eigenvalue weighted by atomic mass is 32.2. The van der Waals surface area contributed by atoms with E-state index in [1.54, 1.807) is 19.9 Å². The predicted octanol–water partition coefficient (Wildman–Crippen LogP) is 3.85. The number of rotatable bonds is 7. The first-order chi connectivity index (χ1) is 16.4. The van der Waals surface area contributed by atoms with Gasteiger partial charge in [-0.1, -0.05) is 13.8 Å². The van der Waals surface area contributed by atoms with E-state index < -0.39 is 33.5 Å². The average molecular weight is 518 g/mol. The Morgan fingerprint density at radius 1 is 1.03 bits per heavy atom. The Kier molecular flexibility index (Phi) is 7.95. The molecule has 35 heavy (non-hydrogen) atoms. The van der Waals surface area contributed by atoms with Crippen LogP contribution < -0.4 is 9.64 Å². The van der Waals surface area contributed by atoms with Crippen LogP contribution in [0.1, 0.15) is 29.8 Å². The zero-order chi connectivity index (χ0) is 26.0. The van der Waals surface area contributed by atoms with Gasteiger partial charge in [-0.25, -0.2) is 12.8 Å². The topological polar surface area (TPSA) is 70.2 Å². The summed E-state index contributed by atoms with van der Waals surface area (Å²) in [6, 6.07) is 6.33. The molecular formula is C23H27F4N3O4S. The molecule has 0 spiro atoms. The van der Waals surface area contributed by atoms with E-state index in [9.17, 15) is 30.8 Å². The highest BCUT2D eigenvalue weighted by Gasteiger charge is 2.33. The molecule has 0 bridgehead atoms. The highest BCUT2D eigenvalue weighted by molar-refractivity contribution is 7.89. The lowest BCUT2D eigenvalue weighted by Gasteiger charge is -2.37. The number of nitrogens with zero attached hydrogens (tertiary/aromatic N) is 3. The lowest BCUT2D eigenvalue weighted by molar-refractivity contribution is -0.137. The van der Waals surface area contributed by atoms with Crippen LogP contribution in [0.5, 0.6) is 5.75 Å². The van der Waals surface area contributed by atoms with Crippen LogP contribution in [-0.4, -0.2) is 69.9 Å². The monoisotopic (exact) mass is 517 g/mol. The summed E-state index contributed by atoms with van der Waals surface area (Å²) in [5, 5.41) is 0. The van der Waals surface area contributed by atoms with Gasteiger partial charge in [-0.15, -0.1) is 0 Å². The normalized spacial score (nSPS) is 15.0. The van der Waals surface area contributed by atoms with Crippen molar-refractivity contribution in [2.24, 2.45) is 0 Å². The van der Waals surface area contributed by atoms with Crippen LogP contribution in [0.25, 0.3) is 0 Å². The largest absolute Gasteiger partial charge is 0.495 e. The fourth-order valence-corrected chi connectivity index (χ4v) is 5.48. The number of carbonyl (C=O) groups is 1. The molecule has 1 fully saturated rings. The second-order valence-electron chi connectivity index (χ2n) is 7.93. The molecule has 2 aromatic rings. The minimum atomic E-state index is -4.77. The van der Waals surface area contributed by atoms with Crippen LogP contribution in [0.2, 0.25) is 0 Å². The summed E-state index contributed by atoms with van der Waals surface area (Å²) in [7, 11) is -2.25. The summed E-state index contributed by atoms with van der Waals surface area (Å²) < 4.78 is 85.5. The van der Waals surface area contributed by atoms with Crippen molar-refractivity contribution in [2.75, 3.05) is 51.3 Å². The molecular weight excluding hydrogens is 490 g/mol. The number of hydrogen-bond donors (Lipinski definition) is 0. The van der Waals surface area contributed by atoms with Crippen molar-refractivity contribution in [3.63, 3.8) is 0 Å². The van der Waals surface area contributed by atoms with Crippen molar-refractivity contribution in [3.05, 3.63) is 53.3 Å². The number of halogens is 4. The summed E-state index contributed by atoms with van der Waals surface area (Å²) in [6.07, 6.45) is -4.77. The Labute approximate surface area is 201 Å². The van der Waals surface area contributed by atoms with Gasteiger partial charge >= 0.3 is 6.18 Å². The molecule has 0 saturated carbocycles. The smallest absolute Gasteiger partial charge is 0.416 e. The predicted molar refractivity (Wildman–Crippen MR) is 123 cm³/mol. The summed E-state index contributed by atoms with van der Waals surface area (Å²) in [6.45, 7) is 4.97. The first-order valence-corrected chi connectivity index (χ1v) is 12.5. The van der Waals surface area contributed by atoms with E-state index in [1.807, 2.05) is 4.90 Å². The van der Waals surface area contributed by atoms with Crippen molar-refractivity contribution in [2.45, 2.75) is 24.9 Å². The molecule has 1 saturated heterocycles. The van der Waals surface area contributed by atoms with Gasteiger partial charge in [-0.05, 0) is 36.4 Å². The summed E-state index contributed by atoms with van der Waals surface area (Å²) in [5.41, 5.74) is -1.08. The first kappa shape index (κ1) is 26.7. The number of benzene rings is 2. The number of carbonyl (C=O) groups excluding carboxylic acids is 1. The Morgan fingerprint density at radius 2 is 1.66 bits per heavy atom. The fraction of sp³-hybridized carbons (Fsp3) is 0.435. The molecule has 0 atom stereocenters. The third-order valence-corrected chi connectivity index (χ3v) is 7.92. The molecule has 0 radical (unpaired) electrons. The maximum Gasteiger partial charge on any atom is 0.416 e. The number of hydrogen-bond acceptors (Lipinski definition) is 5. The third-order valence-electron chi connectivity index (χ3n) is 5.87. The first-order valence-electron chi connectivity index (χ1n) is 11.0. The Balaban J connectivity index is 1.81. The van der Waals surface area contributed by atoms with E-state index in [1.165, 1.54) is 28.4 Å². The number of anilines is 1. The Morgan fingerprint density at radius 3 is 2.20 bits per heavy atom. The number of sulfonamides is 1. The van der Waals surface area contributed by atoms with E-state index >= 15 is 0 Å². The van der Waals surface area contributed by atoms with Crippen molar-refractivity contribution < 1.29 is 35.5 Å². The fourth-order valence-electron chi connectivity index (χ4n) is 4.00. The van der Waals surface area contributed by atoms with Gasteiger partial charge in [0.25, 0.3) is 5.91 Å². The molecule has 1 amide bonds. The van der Waals surface area contributed by atoms with E-state index in [-0.39, 0.29) is 36.6 Å². The highest BCUT2D eigenvalue weighted by Crippen LogP contribution is 2.33. The lowest BCUT2D eigenvalue weighted by Crippen LogP contribution is -2.49. The van der Waals surface area contributed by atoms with E-state index in [4.69, 9.17) is 4.74 Å². The second-order valence-corrected chi connectivity index (χ2v) is 9.87. The van der Waals surface area contributed by atoms with Crippen LogP contribution >= 0.6 is 0 Å². The van der Waals surface area contributed by atoms with Crippen molar-refractivity contribution in [1.29, 1.82) is 0 Å². The summed E-state index contributed by atoms with van der Waals surface area (Å²) in [4.78, 5) is 16.1. The van der Waals surface area contributed by atoms with E-state index in [0.717, 1.165) is 6.07 Å². The van der Waals surface area contributed by atoms with Gasteiger partial charge in [-0.3, -0.25) is 4.79 Å². The molecule has 2 aromatic carbocycles. The molecule has 7 nitrogen and oxygen atoms in total. The maximum atomic E-state index is 13.7. The molecule has 0 aromatic heterocycles. The van der Waals surface area contributed by atoms with Gasteiger partial charge in [-0.2, -0.15) is 17.5 Å². The van der Waals surface area contributed by atoms with Crippen LogP contribution in [0, 0.1) is 5.82 Å².